The Morgan fingerprint density at radius 2 is 1.96 bits per heavy atom. The van der Waals surface area contributed by atoms with Crippen LogP contribution in [-0.2, 0) is 16.0 Å². The standard InChI is InChI=1S/C18H16F3N3O2S/c1-2-27(25,26)16-10-22-8-7-13(16)17-23-14-9-11(18(19,20)21)3-6-15(14)24(17)12-4-5-12/h3,6-10,12H,2,4-5H2,1H3. The van der Waals surface area contributed by atoms with Crippen molar-refractivity contribution in [1.82, 2.24) is 14.5 Å². The van der Waals surface area contributed by atoms with Crippen LogP contribution in [0.25, 0.3) is 22.4 Å². The van der Waals surface area contributed by atoms with Crippen molar-refractivity contribution in [3.63, 3.8) is 0 Å². The number of fused-ring (bicyclic) bond motifs is 1. The van der Waals surface area contributed by atoms with Crippen molar-refractivity contribution in [2.45, 2.75) is 36.9 Å². The Morgan fingerprint density at radius 1 is 1.22 bits per heavy atom. The first-order valence-corrected chi connectivity index (χ1v) is 10.1. The molecule has 0 saturated heterocycles. The van der Waals surface area contributed by atoms with Crippen LogP contribution in [-0.4, -0.2) is 28.7 Å². The summed E-state index contributed by atoms with van der Waals surface area (Å²) < 4.78 is 66.0. The number of halogens is 3. The van der Waals surface area contributed by atoms with Gasteiger partial charge in [-0.15, -0.1) is 0 Å². The average molecular weight is 395 g/mol. The highest BCUT2D eigenvalue weighted by atomic mass is 32.2. The number of hydrogen-bond donors (Lipinski definition) is 0. The van der Waals surface area contributed by atoms with Gasteiger partial charge in [-0.1, -0.05) is 6.92 Å². The summed E-state index contributed by atoms with van der Waals surface area (Å²) in [5.41, 5.74) is 0.349. The van der Waals surface area contributed by atoms with E-state index < -0.39 is 21.6 Å². The Kier molecular flexibility index (Phi) is 4.03. The molecule has 1 aromatic carbocycles. The zero-order valence-electron chi connectivity index (χ0n) is 14.4. The molecular formula is C18H16F3N3O2S. The zero-order valence-corrected chi connectivity index (χ0v) is 15.2. The van der Waals surface area contributed by atoms with Gasteiger partial charge in [-0.2, -0.15) is 13.2 Å². The molecule has 0 aliphatic heterocycles. The predicted molar refractivity (Wildman–Crippen MR) is 94.0 cm³/mol. The van der Waals surface area contributed by atoms with Gasteiger partial charge in [-0.05, 0) is 37.1 Å². The van der Waals surface area contributed by atoms with Crippen molar-refractivity contribution in [2.75, 3.05) is 5.75 Å². The summed E-state index contributed by atoms with van der Waals surface area (Å²) in [4.78, 5) is 8.35. The highest BCUT2D eigenvalue weighted by molar-refractivity contribution is 7.91. The van der Waals surface area contributed by atoms with Crippen LogP contribution in [0.15, 0.2) is 41.6 Å². The van der Waals surface area contributed by atoms with Crippen molar-refractivity contribution in [1.29, 1.82) is 0 Å². The van der Waals surface area contributed by atoms with Gasteiger partial charge < -0.3 is 4.57 Å². The summed E-state index contributed by atoms with van der Waals surface area (Å²) in [7, 11) is -3.56. The molecule has 0 bridgehead atoms. The molecule has 5 nitrogen and oxygen atoms in total. The van der Waals surface area contributed by atoms with Crippen LogP contribution in [0.3, 0.4) is 0 Å². The molecule has 2 heterocycles. The molecular weight excluding hydrogens is 379 g/mol. The van der Waals surface area contributed by atoms with Crippen LogP contribution < -0.4 is 0 Å². The molecule has 1 saturated carbocycles. The number of benzene rings is 1. The molecule has 27 heavy (non-hydrogen) atoms. The van der Waals surface area contributed by atoms with Crippen molar-refractivity contribution in [3.05, 3.63) is 42.2 Å². The van der Waals surface area contributed by atoms with E-state index in [0.717, 1.165) is 25.0 Å². The molecule has 0 N–H and O–H groups in total. The molecule has 2 aromatic heterocycles. The van der Waals surface area contributed by atoms with Crippen molar-refractivity contribution in [2.24, 2.45) is 0 Å². The van der Waals surface area contributed by atoms with Crippen molar-refractivity contribution in [3.8, 4) is 11.4 Å². The van der Waals surface area contributed by atoms with Gasteiger partial charge in [-0.3, -0.25) is 4.98 Å². The van der Waals surface area contributed by atoms with Crippen LogP contribution in [0.5, 0.6) is 0 Å². The minimum Gasteiger partial charge on any atom is -0.321 e. The maximum Gasteiger partial charge on any atom is 0.416 e. The van der Waals surface area contributed by atoms with E-state index in [-0.39, 0.29) is 22.2 Å². The van der Waals surface area contributed by atoms with Gasteiger partial charge in [0.1, 0.15) is 5.82 Å². The third-order valence-corrected chi connectivity index (χ3v) is 6.42. The summed E-state index contributed by atoms with van der Waals surface area (Å²) in [5.74, 6) is 0.259. The summed E-state index contributed by atoms with van der Waals surface area (Å²) >= 11 is 0. The molecule has 0 atom stereocenters. The Labute approximate surface area is 153 Å². The first kappa shape index (κ1) is 18.0. The van der Waals surface area contributed by atoms with E-state index in [9.17, 15) is 21.6 Å². The first-order chi connectivity index (χ1) is 12.7. The second kappa shape index (κ2) is 6.05. The maximum atomic E-state index is 13.1. The number of nitrogens with zero attached hydrogens (tertiary/aromatic N) is 3. The highest BCUT2D eigenvalue weighted by Crippen LogP contribution is 2.43. The van der Waals surface area contributed by atoms with Gasteiger partial charge in [0.15, 0.2) is 9.84 Å². The van der Waals surface area contributed by atoms with Gasteiger partial charge in [0.25, 0.3) is 0 Å². The molecule has 1 aliphatic carbocycles. The predicted octanol–water partition coefficient (Wildman–Crippen LogP) is 4.25. The second-order valence-corrected chi connectivity index (χ2v) is 8.76. The van der Waals surface area contributed by atoms with Crippen LogP contribution >= 0.6 is 0 Å². The van der Waals surface area contributed by atoms with Crippen molar-refractivity contribution >= 4 is 20.9 Å². The quantitative estimate of drug-likeness (QED) is 0.663. The van der Waals surface area contributed by atoms with E-state index in [2.05, 4.69) is 9.97 Å². The SMILES string of the molecule is CCS(=O)(=O)c1cnccc1-c1nc2cc(C(F)(F)F)ccc2n1C1CC1. The number of alkyl halides is 3. The molecule has 0 radical (unpaired) electrons. The van der Waals surface area contributed by atoms with Crippen LogP contribution in [0, 0.1) is 0 Å². The first-order valence-electron chi connectivity index (χ1n) is 8.48. The smallest absolute Gasteiger partial charge is 0.321 e. The maximum absolute atomic E-state index is 13.1. The molecule has 0 amide bonds. The van der Waals surface area contributed by atoms with E-state index >= 15 is 0 Å². The molecule has 0 spiro atoms. The molecule has 1 aliphatic rings. The number of imidazole rings is 1. The lowest BCUT2D eigenvalue weighted by Gasteiger charge is -2.11. The van der Waals surface area contributed by atoms with E-state index in [1.165, 1.54) is 25.4 Å². The lowest BCUT2D eigenvalue weighted by atomic mass is 10.2. The fourth-order valence-electron chi connectivity index (χ4n) is 3.14. The highest BCUT2D eigenvalue weighted by Gasteiger charge is 2.34. The normalized spacial score (nSPS) is 15.4. The van der Waals surface area contributed by atoms with Gasteiger partial charge in [-0.25, -0.2) is 13.4 Å². The van der Waals surface area contributed by atoms with E-state index in [1.807, 2.05) is 4.57 Å². The molecule has 0 unspecified atom stereocenters. The summed E-state index contributed by atoms with van der Waals surface area (Å²) in [6, 6.07) is 5.10. The largest absolute Gasteiger partial charge is 0.416 e. The Bertz CT molecular complexity index is 1130. The van der Waals surface area contributed by atoms with E-state index in [0.29, 0.717) is 16.9 Å². The van der Waals surface area contributed by atoms with Gasteiger partial charge in [0, 0.05) is 24.0 Å². The molecule has 4 rings (SSSR count). The average Bonchev–Trinajstić information content (AvgIpc) is 3.40. The number of aromatic nitrogens is 3. The molecule has 1 fully saturated rings. The number of sulfone groups is 1. The van der Waals surface area contributed by atoms with Gasteiger partial charge in [0.2, 0.25) is 0 Å². The lowest BCUT2D eigenvalue weighted by molar-refractivity contribution is -0.137. The van der Waals surface area contributed by atoms with E-state index in [4.69, 9.17) is 0 Å². The summed E-state index contributed by atoms with van der Waals surface area (Å²) in [6.07, 6.45) is 0.0135. The Morgan fingerprint density at radius 3 is 2.59 bits per heavy atom. The number of rotatable bonds is 4. The lowest BCUT2D eigenvalue weighted by Crippen LogP contribution is -2.08. The fraction of sp³-hybridized carbons (Fsp3) is 0.333. The topological polar surface area (TPSA) is 64.8 Å². The third-order valence-electron chi connectivity index (χ3n) is 4.67. The van der Waals surface area contributed by atoms with Gasteiger partial charge in [0.05, 0.1) is 27.2 Å². The molecule has 9 heteroatoms. The summed E-state index contributed by atoms with van der Waals surface area (Å²) in [6.45, 7) is 1.53. The monoisotopic (exact) mass is 395 g/mol. The second-order valence-electron chi connectivity index (χ2n) is 6.51. The Hall–Kier alpha value is -2.42. The van der Waals surface area contributed by atoms with Crippen LogP contribution in [0.2, 0.25) is 0 Å². The molecule has 3 aromatic rings. The van der Waals surface area contributed by atoms with Crippen LogP contribution in [0.4, 0.5) is 13.2 Å². The van der Waals surface area contributed by atoms with Gasteiger partial charge >= 0.3 is 6.18 Å². The minimum atomic E-state index is -4.47. The fourth-order valence-corrected chi connectivity index (χ4v) is 4.16. The zero-order chi connectivity index (χ0) is 19.4. The molecule has 142 valence electrons. The number of hydrogen-bond acceptors (Lipinski definition) is 4. The minimum absolute atomic E-state index is 0.0424. The Balaban J connectivity index is 1.99. The third kappa shape index (κ3) is 3.09. The van der Waals surface area contributed by atoms with E-state index in [1.54, 1.807) is 6.07 Å². The van der Waals surface area contributed by atoms with Crippen molar-refractivity contribution < 1.29 is 21.6 Å². The summed E-state index contributed by atoms with van der Waals surface area (Å²) in [5, 5.41) is 0. The number of pyridine rings is 1. The van der Waals surface area contributed by atoms with Crippen LogP contribution in [0.1, 0.15) is 31.4 Å².